The molecule has 4 nitrogen and oxygen atoms in total. The minimum absolute atomic E-state index is 0.239. The van der Waals surface area contributed by atoms with Gasteiger partial charge < -0.3 is 14.6 Å². The lowest BCUT2D eigenvalue weighted by Gasteiger charge is -2.04. The molecular weight excluding hydrogens is 278 g/mol. The van der Waals surface area contributed by atoms with Crippen molar-refractivity contribution in [1.29, 1.82) is 0 Å². The predicted octanol–water partition coefficient (Wildman–Crippen LogP) is 4.02. The maximum Gasteiger partial charge on any atom is 0.231 e. The molecule has 0 saturated heterocycles. The minimum atomic E-state index is 0.239. The molecule has 0 aliphatic carbocycles. The topological polar surface area (TPSA) is 51.1 Å². The van der Waals surface area contributed by atoms with E-state index in [0.717, 1.165) is 22.2 Å². The predicted molar refractivity (Wildman–Crippen MR) is 85.4 cm³/mol. The SMILES string of the molecule is Oc1c(C=Nc2ccc3c(c2)OCO3)ccc2ccccc12. The van der Waals surface area contributed by atoms with Crippen molar-refractivity contribution in [2.45, 2.75) is 0 Å². The van der Waals surface area contributed by atoms with Gasteiger partial charge in [-0.25, -0.2) is 0 Å². The molecule has 0 spiro atoms. The van der Waals surface area contributed by atoms with Crippen molar-refractivity contribution in [3.8, 4) is 17.2 Å². The average molecular weight is 291 g/mol. The van der Waals surface area contributed by atoms with Gasteiger partial charge in [0.2, 0.25) is 6.79 Å². The molecule has 4 heteroatoms. The Morgan fingerprint density at radius 1 is 0.955 bits per heavy atom. The van der Waals surface area contributed by atoms with Gasteiger partial charge >= 0.3 is 0 Å². The van der Waals surface area contributed by atoms with Crippen LogP contribution in [0.3, 0.4) is 0 Å². The molecule has 1 aliphatic heterocycles. The Morgan fingerprint density at radius 2 is 1.82 bits per heavy atom. The van der Waals surface area contributed by atoms with E-state index in [1.54, 1.807) is 6.21 Å². The van der Waals surface area contributed by atoms with Gasteiger partial charge in [0.1, 0.15) is 5.75 Å². The quantitative estimate of drug-likeness (QED) is 0.725. The van der Waals surface area contributed by atoms with Crippen LogP contribution in [0.2, 0.25) is 0 Å². The van der Waals surface area contributed by atoms with Crippen LogP contribution >= 0.6 is 0 Å². The number of phenols is 1. The van der Waals surface area contributed by atoms with Crippen LogP contribution in [0.25, 0.3) is 10.8 Å². The molecule has 1 N–H and O–H groups in total. The summed E-state index contributed by atoms with van der Waals surface area (Å²) in [5.41, 5.74) is 1.42. The Bertz CT molecular complexity index is 887. The summed E-state index contributed by atoms with van der Waals surface area (Å²) >= 11 is 0. The van der Waals surface area contributed by atoms with Crippen LogP contribution in [0.5, 0.6) is 17.2 Å². The first-order valence-electron chi connectivity index (χ1n) is 6.96. The van der Waals surface area contributed by atoms with Crippen LogP contribution in [0.1, 0.15) is 5.56 Å². The van der Waals surface area contributed by atoms with Gasteiger partial charge in [-0.1, -0.05) is 30.3 Å². The fraction of sp³-hybridized carbons (Fsp3) is 0.0556. The van der Waals surface area contributed by atoms with E-state index < -0.39 is 0 Å². The molecule has 3 aromatic carbocycles. The lowest BCUT2D eigenvalue weighted by molar-refractivity contribution is 0.174. The van der Waals surface area contributed by atoms with Gasteiger partial charge in [0.05, 0.1) is 5.69 Å². The lowest BCUT2D eigenvalue weighted by Crippen LogP contribution is -1.92. The van der Waals surface area contributed by atoms with E-state index in [2.05, 4.69) is 4.99 Å². The largest absolute Gasteiger partial charge is 0.507 e. The van der Waals surface area contributed by atoms with Gasteiger partial charge in [-0.3, -0.25) is 4.99 Å². The second kappa shape index (κ2) is 5.07. The average Bonchev–Trinajstić information content (AvgIpc) is 3.02. The molecule has 1 aliphatic rings. The highest BCUT2D eigenvalue weighted by molar-refractivity contribution is 5.97. The number of aromatic hydroxyl groups is 1. The Kier molecular flexibility index (Phi) is 2.93. The van der Waals surface area contributed by atoms with Crippen LogP contribution in [0, 0.1) is 0 Å². The van der Waals surface area contributed by atoms with Gasteiger partial charge in [0, 0.05) is 23.2 Å². The Balaban J connectivity index is 1.69. The van der Waals surface area contributed by atoms with Crippen LogP contribution in [-0.4, -0.2) is 18.1 Å². The zero-order valence-electron chi connectivity index (χ0n) is 11.7. The smallest absolute Gasteiger partial charge is 0.231 e. The maximum atomic E-state index is 10.3. The second-order valence-corrected chi connectivity index (χ2v) is 5.02. The van der Waals surface area contributed by atoms with Gasteiger partial charge in [-0.2, -0.15) is 0 Å². The van der Waals surface area contributed by atoms with Gasteiger partial charge in [0.15, 0.2) is 11.5 Å². The molecule has 1 heterocycles. The fourth-order valence-electron chi connectivity index (χ4n) is 2.49. The molecule has 0 bridgehead atoms. The van der Waals surface area contributed by atoms with E-state index in [-0.39, 0.29) is 12.5 Å². The third-order valence-corrected chi connectivity index (χ3v) is 3.64. The minimum Gasteiger partial charge on any atom is -0.507 e. The van der Waals surface area contributed by atoms with Gasteiger partial charge in [-0.05, 0) is 23.6 Å². The van der Waals surface area contributed by atoms with Crippen LogP contribution in [0.15, 0.2) is 59.6 Å². The number of hydrogen-bond acceptors (Lipinski definition) is 4. The fourth-order valence-corrected chi connectivity index (χ4v) is 2.49. The van der Waals surface area contributed by atoms with Crippen molar-refractivity contribution in [3.63, 3.8) is 0 Å². The number of phenolic OH excluding ortho intramolecular Hbond substituents is 1. The molecule has 0 atom stereocenters. The number of hydrogen-bond donors (Lipinski definition) is 1. The van der Waals surface area contributed by atoms with Crippen molar-refractivity contribution in [1.82, 2.24) is 0 Å². The summed E-state index contributed by atoms with van der Waals surface area (Å²) < 4.78 is 10.6. The third-order valence-electron chi connectivity index (χ3n) is 3.64. The Labute approximate surface area is 127 Å². The van der Waals surface area contributed by atoms with Crippen molar-refractivity contribution in [3.05, 3.63) is 60.2 Å². The van der Waals surface area contributed by atoms with Crippen LogP contribution in [0.4, 0.5) is 5.69 Å². The molecule has 0 amide bonds. The van der Waals surface area contributed by atoms with Crippen LogP contribution < -0.4 is 9.47 Å². The summed E-state index contributed by atoms with van der Waals surface area (Å²) in [5, 5.41) is 12.2. The zero-order chi connectivity index (χ0) is 14.9. The maximum absolute atomic E-state index is 10.3. The summed E-state index contributed by atoms with van der Waals surface area (Å²) in [4.78, 5) is 4.40. The van der Waals surface area contributed by atoms with Crippen molar-refractivity contribution in [2.24, 2.45) is 4.99 Å². The lowest BCUT2D eigenvalue weighted by atomic mass is 10.1. The zero-order valence-corrected chi connectivity index (χ0v) is 11.7. The van der Waals surface area contributed by atoms with Crippen LogP contribution in [-0.2, 0) is 0 Å². The first-order valence-corrected chi connectivity index (χ1v) is 6.96. The summed E-state index contributed by atoms with van der Waals surface area (Å²) in [7, 11) is 0. The first kappa shape index (κ1) is 12.7. The Hall–Kier alpha value is -3.01. The van der Waals surface area contributed by atoms with Gasteiger partial charge in [0.25, 0.3) is 0 Å². The molecule has 0 saturated carbocycles. The number of fused-ring (bicyclic) bond motifs is 2. The van der Waals surface area contributed by atoms with E-state index in [1.165, 1.54) is 0 Å². The standard InChI is InChI=1S/C18H13NO3/c20-18-13(6-5-12-3-1-2-4-15(12)18)10-19-14-7-8-16-17(9-14)22-11-21-16/h1-10,20H,11H2. The normalized spacial score (nSPS) is 13.1. The molecule has 0 fully saturated rings. The number of ether oxygens (including phenoxy) is 2. The number of benzene rings is 3. The summed E-state index contributed by atoms with van der Waals surface area (Å²) in [6.07, 6.45) is 1.65. The summed E-state index contributed by atoms with van der Waals surface area (Å²) in [6, 6.07) is 17.0. The number of rotatable bonds is 2. The monoisotopic (exact) mass is 291 g/mol. The van der Waals surface area contributed by atoms with Crippen molar-refractivity contribution < 1.29 is 14.6 Å². The highest BCUT2D eigenvalue weighted by atomic mass is 16.7. The first-order chi connectivity index (χ1) is 10.8. The molecule has 0 radical (unpaired) electrons. The summed E-state index contributed by atoms with van der Waals surface area (Å²) in [5.74, 6) is 1.66. The molecule has 3 aromatic rings. The van der Waals surface area contributed by atoms with Gasteiger partial charge in [-0.15, -0.1) is 0 Å². The highest BCUT2D eigenvalue weighted by Crippen LogP contribution is 2.35. The molecule has 0 aromatic heterocycles. The third kappa shape index (κ3) is 2.15. The number of nitrogens with zero attached hydrogens (tertiary/aromatic N) is 1. The Morgan fingerprint density at radius 3 is 2.77 bits per heavy atom. The molecule has 108 valence electrons. The van der Waals surface area contributed by atoms with E-state index in [1.807, 2.05) is 54.6 Å². The molecular formula is C18H13NO3. The molecule has 22 heavy (non-hydrogen) atoms. The van der Waals surface area contributed by atoms with E-state index in [4.69, 9.17) is 9.47 Å². The van der Waals surface area contributed by atoms with E-state index in [9.17, 15) is 5.11 Å². The van der Waals surface area contributed by atoms with E-state index in [0.29, 0.717) is 11.3 Å². The molecule has 0 unspecified atom stereocenters. The van der Waals surface area contributed by atoms with E-state index >= 15 is 0 Å². The summed E-state index contributed by atoms with van der Waals surface area (Å²) in [6.45, 7) is 0.244. The van der Waals surface area contributed by atoms with Crippen molar-refractivity contribution >= 4 is 22.7 Å². The molecule has 4 rings (SSSR count). The number of aliphatic imine (C=N–C) groups is 1. The highest BCUT2D eigenvalue weighted by Gasteiger charge is 2.12. The van der Waals surface area contributed by atoms with Crippen molar-refractivity contribution in [2.75, 3.05) is 6.79 Å². The second-order valence-electron chi connectivity index (χ2n) is 5.02.